The van der Waals surface area contributed by atoms with E-state index in [0.717, 1.165) is 0 Å². The van der Waals surface area contributed by atoms with E-state index < -0.39 is 12.0 Å². The standard InChI is InChI=1S/C21H26IN3O6/c22-13-17(26)24-16(19(29)23-11-5-3-10-18(27)28)9-4-6-12-25-20(30)14-7-1-2-8-15(14)21(25)31/h1-2,7-8,16H,3-6,9-13H2,(H,23,29)(H,24,26)(H,27,28)/t16-/m0/s1. The van der Waals surface area contributed by atoms with E-state index in [9.17, 15) is 24.0 Å². The lowest BCUT2D eigenvalue weighted by Gasteiger charge is -2.19. The van der Waals surface area contributed by atoms with Gasteiger partial charge in [0.1, 0.15) is 6.04 Å². The SMILES string of the molecule is O=C(O)CCCCNC(=O)[C@H](CCCCN1C(=O)c2ccccc2C1=O)NC(=O)CI. The van der Waals surface area contributed by atoms with E-state index in [1.165, 1.54) is 4.90 Å². The van der Waals surface area contributed by atoms with Gasteiger partial charge in [0.25, 0.3) is 11.8 Å². The molecule has 9 nitrogen and oxygen atoms in total. The van der Waals surface area contributed by atoms with Crippen LogP contribution in [0.1, 0.15) is 59.2 Å². The van der Waals surface area contributed by atoms with Crippen LogP contribution in [0.25, 0.3) is 0 Å². The zero-order valence-corrected chi connectivity index (χ0v) is 19.2. The number of halogens is 1. The molecule has 1 atom stereocenters. The maximum Gasteiger partial charge on any atom is 0.303 e. The Bertz CT molecular complexity index is 809. The molecule has 1 aromatic rings. The maximum absolute atomic E-state index is 12.4. The summed E-state index contributed by atoms with van der Waals surface area (Å²) in [5.74, 6) is -2.08. The second-order valence-electron chi connectivity index (χ2n) is 7.20. The van der Waals surface area contributed by atoms with Gasteiger partial charge in [0, 0.05) is 19.5 Å². The first-order chi connectivity index (χ1) is 14.8. The van der Waals surface area contributed by atoms with Crippen LogP contribution in [0.4, 0.5) is 0 Å². The number of hydrogen-bond acceptors (Lipinski definition) is 5. The van der Waals surface area contributed by atoms with Crippen molar-refractivity contribution in [2.45, 2.75) is 44.6 Å². The molecule has 0 radical (unpaired) electrons. The first-order valence-electron chi connectivity index (χ1n) is 10.1. The Labute approximate surface area is 194 Å². The Morgan fingerprint density at radius 3 is 2.23 bits per heavy atom. The summed E-state index contributed by atoms with van der Waals surface area (Å²) in [5.41, 5.74) is 0.809. The van der Waals surface area contributed by atoms with Crippen LogP contribution in [-0.4, -0.2) is 63.2 Å². The molecule has 2 rings (SSSR count). The fourth-order valence-electron chi connectivity index (χ4n) is 3.30. The van der Waals surface area contributed by atoms with Crippen LogP contribution >= 0.6 is 22.6 Å². The van der Waals surface area contributed by atoms with Crippen molar-refractivity contribution in [2.24, 2.45) is 0 Å². The fraction of sp³-hybridized carbons (Fsp3) is 0.476. The number of rotatable bonds is 13. The van der Waals surface area contributed by atoms with Crippen molar-refractivity contribution in [3.8, 4) is 0 Å². The highest BCUT2D eigenvalue weighted by molar-refractivity contribution is 14.1. The van der Waals surface area contributed by atoms with Gasteiger partial charge in [0.15, 0.2) is 0 Å². The monoisotopic (exact) mass is 543 g/mol. The fourth-order valence-corrected chi connectivity index (χ4v) is 3.52. The summed E-state index contributed by atoms with van der Waals surface area (Å²) in [6.45, 7) is 0.577. The Morgan fingerprint density at radius 2 is 1.65 bits per heavy atom. The van der Waals surface area contributed by atoms with E-state index in [2.05, 4.69) is 10.6 Å². The minimum Gasteiger partial charge on any atom is -0.481 e. The summed E-state index contributed by atoms with van der Waals surface area (Å²) >= 11 is 1.91. The number of carbonyl (C=O) groups excluding carboxylic acids is 4. The molecule has 0 aliphatic carbocycles. The predicted molar refractivity (Wildman–Crippen MR) is 121 cm³/mol. The molecule has 0 spiro atoms. The molecule has 0 bridgehead atoms. The third-order valence-corrected chi connectivity index (χ3v) is 5.59. The van der Waals surface area contributed by atoms with Crippen molar-refractivity contribution in [1.29, 1.82) is 0 Å². The van der Waals surface area contributed by atoms with E-state index in [1.807, 2.05) is 22.6 Å². The molecule has 3 N–H and O–H groups in total. The van der Waals surface area contributed by atoms with E-state index in [4.69, 9.17) is 5.11 Å². The number of nitrogens with one attached hydrogen (secondary N) is 2. The molecule has 1 aliphatic rings. The number of fused-ring (bicyclic) bond motifs is 1. The quantitative estimate of drug-likeness (QED) is 0.150. The van der Waals surface area contributed by atoms with Gasteiger partial charge in [0.05, 0.1) is 15.6 Å². The van der Waals surface area contributed by atoms with Gasteiger partial charge in [0.2, 0.25) is 11.8 Å². The lowest BCUT2D eigenvalue weighted by molar-refractivity contribution is -0.137. The molecule has 1 heterocycles. The second kappa shape index (κ2) is 12.4. The topological polar surface area (TPSA) is 133 Å². The van der Waals surface area contributed by atoms with Crippen molar-refractivity contribution in [2.75, 3.05) is 17.5 Å². The molecule has 10 heteroatoms. The van der Waals surface area contributed by atoms with E-state index in [0.29, 0.717) is 49.8 Å². The van der Waals surface area contributed by atoms with Gasteiger partial charge in [-0.3, -0.25) is 28.9 Å². The second-order valence-corrected chi connectivity index (χ2v) is 7.96. The molecular weight excluding hydrogens is 517 g/mol. The smallest absolute Gasteiger partial charge is 0.303 e. The van der Waals surface area contributed by atoms with Gasteiger partial charge in [-0.2, -0.15) is 0 Å². The molecule has 0 aromatic heterocycles. The largest absolute Gasteiger partial charge is 0.481 e. The molecule has 0 fully saturated rings. The van der Waals surface area contributed by atoms with Gasteiger partial charge >= 0.3 is 5.97 Å². The molecule has 4 amide bonds. The van der Waals surface area contributed by atoms with Crippen LogP contribution in [0, 0.1) is 0 Å². The number of benzene rings is 1. The highest BCUT2D eigenvalue weighted by Gasteiger charge is 2.34. The van der Waals surface area contributed by atoms with Gasteiger partial charge in [-0.25, -0.2) is 0 Å². The Hall–Kier alpha value is -2.50. The number of imide groups is 1. The molecule has 168 valence electrons. The van der Waals surface area contributed by atoms with Crippen molar-refractivity contribution >= 4 is 52.2 Å². The summed E-state index contributed by atoms with van der Waals surface area (Å²) < 4.78 is 0.217. The molecule has 1 aromatic carbocycles. The minimum absolute atomic E-state index is 0.0443. The summed E-state index contributed by atoms with van der Waals surface area (Å²) in [6, 6.07) is 5.98. The van der Waals surface area contributed by atoms with Crippen molar-refractivity contribution in [3.63, 3.8) is 0 Å². The Balaban J connectivity index is 1.80. The van der Waals surface area contributed by atoms with Crippen LogP contribution in [-0.2, 0) is 14.4 Å². The predicted octanol–water partition coefficient (Wildman–Crippen LogP) is 1.74. The number of carboxylic acids is 1. The maximum atomic E-state index is 12.4. The zero-order valence-electron chi connectivity index (χ0n) is 17.1. The lowest BCUT2D eigenvalue weighted by Crippen LogP contribution is -2.47. The van der Waals surface area contributed by atoms with Crippen molar-refractivity contribution in [1.82, 2.24) is 15.5 Å². The normalized spacial score (nSPS) is 13.6. The summed E-state index contributed by atoms with van der Waals surface area (Å²) in [6.07, 6.45) is 2.45. The van der Waals surface area contributed by atoms with Gasteiger partial charge in [-0.15, -0.1) is 0 Å². The van der Waals surface area contributed by atoms with Gasteiger partial charge in [-0.05, 0) is 44.2 Å². The van der Waals surface area contributed by atoms with Crippen molar-refractivity contribution < 1.29 is 29.1 Å². The highest BCUT2D eigenvalue weighted by atomic mass is 127. The average Bonchev–Trinajstić information content (AvgIpc) is 2.99. The van der Waals surface area contributed by atoms with Gasteiger partial charge < -0.3 is 15.7 Å². The van der Waals surface area contributed by atoms with E-state index >= 15 is 0 Å². The molecule has 1 aliphatic heterocycles. The Morgan fingerprint density at radius 1 is 1.00 bits per heavy atom. The third-order valence-electron chi connectivity index (χ3n) is 4.89. The molecular formula is C21H26IN3O6. The number of hydrogen-bond donors (Lipinski definition) is 3. The number of alkyl halides is 1. The van der Waals surface area contributed by atoms with Crippen molar-refractivity contribution in [3.05, 3.63) is 35.4 Å². The van der Waals surface area contributed by atoms with Crippen LogP contribution in [0.3, 0.4) is 0 Å². The lowest BCUT2D eigenvalue weighted by atomic mass is 10.1. The number of carbonyl (C=O) groups is 5. The number of amides is 4. The number of aliphatic carboxylic acids is 1. The van der Waals surface area contributed by atoms with E-state index in [-0.39, 0.29) is 41.0 Å². The zero-order chi connectivity index (χ0) is 22.8. The molecule has 0 unspecified atom stereocenters. The van der Waals surface area contributed by atoms with E-state index in [1.54, 1.807) is 24.3 Å². The van der Waals surface area contributed by atoms with Crippen LogP contribution in [0.5, 0.6) is 0 Å². The van der Waals surface area contributed by atoms with Crippen LogP contribution in [0.2, 0.25) is 0 Å². The summed E-state index contributed by atoms with van der Waals surface area (Å²) in [7, 11) is 0. The molecule has 0 saturated carbocycles. The van der Waals surface area contributed by atoms with Crippen LogP contribution < -0.4 is 10.6 Å². The Kier molecular flexibility index (Phi) is 9.89. The summed E-state index contributed by atoms with van der Waals surface area (Å²) in [4.78, 5) is 60.7. The minimum atomic E-state index is -0.878. The average molecular weight is 543 g/mol. The first kappa shape index (κ1) is 24.8. The molecule has 0 saturated heterocycles. The van der Waals surface area contributed by atoms with Gasteiger partial charge in [-0.1, -0.05) is 34.7 Å². The third kappa shape index (κ3) is 7.30. The summed E-state index contributed by atoms with van der Waals surface area (Å²) in [5, 5.41) is 14.1. The first-order valence-corrected chi connectivity index (χ1v) is 11.7. The number of carboxylic acid groups (broad SMARTS) is 1. The van der Waals surface area contributed by atoms with Crippen LogP contribution in [0.15, 0.2) is 24.3 Å². The molecule has 31 heavy (non-hydrogen) atoms. The number of unbranched alkanes of at least 4 members (excludes halogenated alkanes) is 2. The number of nitrogens with zero attached hydrogens (tertiary/aromatic N) is 1. The highest BCUT2D eigenvalue weighted by Crippen LogP contribution is 2.22.